The molecule has 8 aromatic carbocycles. The molecule has 0 radical (unpaired) electrons. The third kappa shape index (κ3) is 4.33. The van der Waals surface area contributed by atoms with Crippen LogP contribution >= 0.6 is 0 Å². The van der Waals surface area contributed by atoms with Gasteiger partial charge in [0.15, 0.2) is 0 Å². The molecule has 0 bridgehead atoms. The minimum Gasteiger partial charge on any atom is -0.309 e. The molecular formula is C51H36N2. The van der Waals surface area contributed by atoms with Gasteiger partial charge >= 0.3 is 0 Å². The lowest BCUT2D eigenvalue weighted by atomic mass is 9.81. The third-order valence-corrected chi connectivity index (χ3v) is 11.7. The maximum Gasteiger partial charge on any atom is 0.0588 e. The van der Waals surface area contributed by atoms with Gasteiger partial charge in [0.1, 0.15) is 0 Å². The van der Waals surface area contributed by atoms with Crippen LogP contribution in [0.5, 0.6) is 0 Å². The van der Waals surface area contributed by atoms with E-state index < -0.39 is 0 Å². The van der Waals surface area contributed by atoms with Gasteiger partial charge in [0, 0.05) is 38.3 Å². The van der Waals surface area contributed by atoms with Crippen LogP contribution in [0.25, 0.3) is 88.4 Å². The van der Waals surface area contributed by atoms with E-state index in [1.54, 1.807) is 0 Å². The highest BCUT2D eigenvalue weighted by Crippen LogP contribution is 2.53. The molecule has 0 saturated carbocycles. The first kappa shape index (κ1) is 30.0. The van der Waals surface area contributed by atoms with Crippen molar-refractivity contribution in [2.75, 3.05) is 0 Å². The number of nitrogens with zero attached hydrogens (tertiary/aromatic N) is 2. The van der Waals surface area contributed by atoms with Crippen molar-refractivity contribution in [2.45, 2.75) is 19.3 Å². The topological polar surface area (TPSA) is 9.86 Å². The SMILES string of the molecule is CC1(C)c2ccccc2-c2ccc3c4cc(-c5ccc6c(c5)c5ccccc5n6-c5ccccc5)ccc4n(-c4cccc(-c5ccccc5)c4)c3c21. The lowest BCUT2D eigenvalue weighted by Crippen LogP contribution is -2.16. The van der Waals surface area contributed by atoms with Gasteiger partial charge in [-0.1, -0.05) is 141 Å². The molecule has 0 unspecified atom stereocenters. The van der Waals surface area contributed by atoms with Crippen molar-refractivity contribution >= 4 is 43.6 Å². The van der Waals surface area contributed by atoms with Crippen LogP contribution < -0.4 is 0 Å². The first-order valence-electron chi connectivity index (χ1n) is 18.5. The van der Waals surface area contributed by atoms with Crippen molar-refractivity contribution < 1.29 is 0 Å². The first-order chi connectivity index (χ1) is 26.1. The van der Waals surface area contributed by atoms with Gasteiger partial charge in [0.2, 0.25) is 0 Å². The molecule has 2 aromatic heterocycles. The fraction of sp³-hybridized carbons (Fsp3) is 0.0588. The highest BCUT2D eigenvalue weighted by atomic mass is 15.0. The summed E-state index contributed by atoms with van der Waals surface area (Å²) in [6.45, 7) is 4.79. The Balaban J connectivity index is 1.17. The van der Waals surface area contributed by atoms with Gasteiger partial charge in [-0.05, 0) is 99.1 Å². The summed E-state index contributed by atoms with van der Waals surface area (Å²) in [4.78, 5) is 0. The van der Waals surface area contributed by atoms with E-state index in [4.69, 9.17) is 0 Å². The van der Waals surface area contributed by atoms with E-state index in [1.165, 1.54) is 99.5 Å². The number of benzene rings is 8. The van der Waals surface area contributed by atoms with E-state index in [0.29, 0.717) is 0 Å². The second-order valence-corrected chi connectivity index (χ2v) is 15.0. The maximum atomic E-state index is 2.53. The summed E-state index contributed by atoms with van der Waals surface area (Å²) < 4.78 is 4.92. The number of para-hydroxylation sites is 2. The van der Waals surface area contributed by atoms with Crippen LogP contribution in [0.15, 0.2) is 182 Å². The predicted octanol–water partition coefficient (Wildman–Crippen LogP) is 13.5. The summed E-state index contributed by atoms with van der Waals surface area (Å²) in [6, 6.07) is 67.0. The minimum atomic E-state index is -0.157. The molecular weight excluding hydrogens is 641 g/mol. The molecule has 53 heavy (non-hydrogen) atoms. The van der Waals surface area contributed by atoms with Crippen LogP contribution in [0.3, 0.4) is 0 Å². The Hall–Kier alpha value is -6.64. The van der Waals surface area contributed by atoms with Crippen molar-refractivity contribution in [3.05, 3.63) is 193 Å². The molecule has 11 rings (SSSR count). The Labute approximate surface area is 308 Å². The smallest absolute Gasteiger partial charge is 0.0588 e. The molecule has 2 heterocycles. The Kier molecular flexibility index (Phi) is 6.33. The van der Waals surface area contributed by atoms with E-state index in [0.717, 1.165) is 0 Å². The van der Waals surface area contributed by atoms with E-state index in [9.17, 15) is 0 Å². The third-order valence-electron chi connectivity index (χ3n) is 11.7. The van der Waals surface area contributed by atoms with Crippen molar-refractivity contribution in [3.63, 3.8) is 0 Å². The van der Waals surface area contributed by atoms with Gasteiger partial charge in [-0.15, -0.1) is 0 Å². The standard InChI is InChI=1S/C51H36N2/c1-51(2)45-22-11-9-20-39(45)41-26-27-42-44-32-36(35-24-28-47-43(31-35)40-21-10-12-23-46(40)52(47)37-17-7-4-8-18-37)25-29-48(44)53(50(42)49(41)51)38-19-13-16-34(30-38)33-14-5-3-6-15-33/h3-32H,1-2H3. The van der Waals surface area contributed by atoms with Crippen LogP contribution in [-0.4, -0.2) is 9.13 Å². The van der Waals surface area contributed by atoms with Crippen molar-refractivity contribution in [3.8, 4) is 44.8 Å². The monoisotopic (exact) mass is 676 g/mol. The van der Waals surface area contributed by atoms with E-state index in [1.807, 2.05) is 0 Å². The molecule has 2 heteroatoms. The number of hydrogen-bond donors (Lipinski definition) is 0. The van der Waals surface area contributed by atoms with E-state index in [2.05, 4.69) is 205 Å². The molecule has 0 amide bonds. The molecule has 0 aliphatic heterocycles. The summed E-state index contributed by atoms with van der Waals surface area (Å²) in [6.07, 6.45) is 0. The van der Waals surface area contributed by atoms with E-state index in [-0.39, 0.29) is 5.41 Å². The molecule has 0 atom stereocenters. The Morgan fingerprint density at radius 2 is 0.943 bits per heavy atom. The first-order valence-corrected chi connectivity index (χ1v) is 18.5. The summed E-state index contributed by atoms with van der Waals surface area (Å²) in [5.74, 6) is 0. The molecule has 250 valence electrons. The zero-order valence-electron chi connectivity index (χ0n) is 29.7. The van der Waals surface area contributed by atoms with Crippen LogP contribution in [0.4, 0.5) is 0 Å². The average Bonchev–Trinajstić information content (AvgIpc) is 3.81. The molecule has 2 nitrogen and oxygen atoms in total. The number of aromatic nitrogens is 2. The zero-order valence-corrected chi connectivity index (χ0v) is 29.7. The van der Waals surface area contributed by atoms with Crippen molar-refractivity contribution in [1.29, 1.82) is 0 Å². The van der Waals surface area contributed by atoms with Crippen LogP contribution in [0, 0.1) is 0 Å². The summed E-state index contributed by atoms with van der Waals surface area (Å²) in [5, 5.41) is 5.08. The Bertz CT molecular complexity index is 3070. The van der Waals surface area contributed by atoms with Gasteiger partial charge in [-0.2, -0.15) is 0 Å². The van der Waals surface area contributed by atoms with Crippen molar-refractivity contribution in [1.82, 2.24) is 9.13 Å². The molecule has 0 spiro atoms. The number of fused-ring (bicyclic) bond motifs is 10. The number of hydrogen-bond acceptors (Lipinski definition) is 0. The molecule has 1 aliphatic carbocycles. The second kappa shape index (κ2) is 11.2. The summed E-state index contributed by atoms with van der Waals surface area (Å²) in [5.41, 5.74) is 17.5. The van der Waals surface area contributed by atoms with Crippen LogP contribution in [-0.2, 0) is 5.41 Å². The average molecular weight is 677 g/mol. The largest absolute Gasteiger partial charge is 0.309 e. The van der Waals surface area contributed by atoms with Crippen LogP contribution in [0.1, 0.15) is 25.0 Å². The maximum absolute atomic E-state index is 2.53. The normalized spacial score (nSPS) is 13.2. The van der Waals surface area contributed by atoms with Gasteiger partial charge in [-0.3, -0.25) is 0 Å². The highest BCUT2D eigenvalue weighted by molar-refractivity contribution is 6.15. The van der Waals surface area contributed by atoms with Gasteiger partial charge in [-0.25, -0.2) is 0 Å². The predicted molar refractivity (Wildman–Crippen MR) is 224 cm³/mol. The summed E-state index contributed by atoms with van der Waals surface area (Å²) >= 11 is 0. The van der Waals surface area contributed by atoms with Gasteiger partial charge in [0.25, 0.3) is 0 Å². The second-order valence-electron chi connectivity index (χ2n) is 15.0. The Morgan fingerprint density at radius 1 is 0.358 bits per heavy atom. The highest BCUT2D eigenvalue weighted by Gasteiger charge is 2.38. The number of rotatable bonds is 4. The molecule has 0 saturated heterocycles. The summed E-state index contributed by atoms with van der Waals surface area (Å²) in [7, 11) is 0. The van der Waals surface area contributed by atoms with E-state index >= 15 is 0 Å². The Morgan fingerprint density at radius 3 is 1.74 bits per heavy atom. The van der Waals surface area contributed by atoms with Gasteiger partial charge in [0.05, 0.1) is 22.1 Å². The molecule has 0 fully saturated rings. The lowest BCUT2D eigenvalue weighted by molar-refractivity contribution is 0.664. The molecule has 0 N–H and O–H groups in total. The molecule has 1 aliphatic rings. The molecule has 10 aromatic rings. The minimum absolute atomic E-state index is 0.157. The van der Waals surface area contributed by atoms with Crippen molar-refractivity contribution in [2.24, 2.45) is 0 Å². The van der Waals surface area contributed by atoms with Gasteiger partial charge < -0.3 is 9.13 Å². The zero-order chi connectivity index (χ0) is 35.3. The van der Waals surface area contributed by atoms with Crippen LogP contribution in [0.2, 0.25) is 0 Å². The fourth-order valence-corrected chi connectivity index (χ4v) is 9.27. The fourth-order valence-electron chi connectivity index (χ4n) is 9.27. The quantitative estimate of drug-likeness (QED) is 0.176. The lowest BCUT2D eigenvalue weighted by Gasteiger charge is -2.23.